The van der Waals surface area contributed by atoms with E-state index in [9.17, 15) is 8.42 Å². The van der Waals surface area contributed by atoms with Crippen LogP contribution in [0.25, 0.3) is 0 Å². The summed E-state index contributed by atoms with van der Waals surface area (Å²) in [6, 6.07) is 4.47. The maximum absolute atomic E-state index is 12.5. The molecule has 19 heavy (non-hydrogen) atoms. The molecule has 1 unspecified atom stereocenters. The molecule has 1 saturated heterocycles. The highest BCUT2D eigenvalue weighted by Gasteiger charge is 2.30. The van der Waals surface area contributed by atoms with E-state index in [0.717, 1.165) is 12.2 Å². The van der Waals surface area contributed by atoms with Gasteiger partial charge in [0.25, 0.3) is 0 Å². The van der Waals surface area contributed by atoms with Gasteiger partial charge in [0.05, 0.1) is 15.6 Å². The number of thioether (sulfide) groups is 1. The standard InChI is InChI=1S/C12H17ClN2O2S2/c1-2-9-8-15(5-6-18-9)19(16,17)10-3-4-11(13)12(14)7-10/h3-4,7,9H,2,5-6,8,14H2,1H3. The van der Waals surface area contributed by atoms with Gasteiger partial charge in [-0.25, -0.2) is 8.42 Å². The molecule has 1 aliphatic rings. The molecule has 4 nitrogen and oxygen atoms in total. The van der Waals surface area contributed by atoms with Crippen molar-refractivity contribution in [3.63, 3.8) is 0 Å². The second-order valence-corrected chi connectivity index (χ2v) is 8.20. The molecule has 1 atom stereocenters. The quantitative estimate of drug-likeness (QED) is 0.869. The molecule has 7 heteroatoms. The van der Waals surface area contributed by atoms with Crippen LogP contribution in [0.1, 0.15) is 13.3 Å². The fourth-order valence-corrected chi connectivity index (χ4v) is 5.02. The van der Waals surface area contributed by atoms with Crippen molar-refractivity contribution in [2.24, 2.45) is 0 Å². The molecule has 1 heterocycles. The lowest BCUT2D eigenvalue weighted by Gasteiger charge is -2.31. The summed E-state index contributed by atoms with van der Waals surface area (Å²) in [5, 5.41) is 0.743. The van der Waals surface area contributed by atoms with E-state index in [1.54, 1.807) is 4.31 Å². The SMILES string of the molecule is CCC1CN(S(=O)(=O)c2ccc(Cl)c(N)c2)CCS1. The van der Waals surface area contributed by atoms with Gasteiger partial charge < -0.3 is 5.73 Å². The molecule has 1 aromatic rings. The number of sulfonamides is 1. The monoisotopic (exact) mass is 320 g/mol. The number of hydrogen-bond acceptors (Lipinski definition) is 4. The summed E-state index contributed by atoms with van der Waals surface area (Å²) in [4.78, 5) is 0.219. The van der Waals surface area contributed by atoms with Crippen LogP contribution in [0, 0.1) is 0 Å². The molecule has 0 aromatic heterocycles. The molecular formula is C12H17ClN2O2S2. The predicted molar refractivity (Wildman–Crippen MR) is 81.2 cm³/mol. The van der Waals surface area contributed by atoms with Crippen LogP contribution in [-0.4, -0.2) is 36.8 Å². The maximum Gasteiger partial charge on any atom is 0.243 e. The Bertz CT molecular complexity index is 563. The Morgan fingerprint density at radius 2 is 2.26 bits per heavy atom. The minimum atomic E-state index is -3.46. The van der Waals surface area contributed by atoms with Crippen molar-refractivity contribution >= 4 is 39.1 Å². The fraction of sp³-hybridized carbons (Fsp3) is 0.500. The Balaban J connectivity index is 2.28. The van der Waals surface area contributed by atoms with E-state index in [2.05, 4.69) is 6.92 Å². The zero-order valence-corrected chi connectivity index (χ0v) is 13.1. The third kappa shape index (κ3) is 3.18. The molecule has 0 spiro atoms. The lowest BCUT2D eigenvalue weighted by Crippen LogP contribution is -2.41. The van der Waals surface area contributed by atoms with Crippen molar-refractivity contribution in [2.75, 3.05) is 24.6 Å². The van der Waals surface area contributed by atoms with Gasteiger partial charge in [-0.15, -0.1) is 0 Å². The molecule has 0 amide bonds. The van der Waals surface area contributed by atoms with Crippen LogP contribution < -0.4 is 5.73 Å². The van der Waals surface area contributed by atoms with E-state index >= 15 is 0 Å². The summed E-state index contributed by atoms with van der Waals surface area (Å²) in [5.74, 6) is 0.834. The van der Waals surface area contributed by atoms with E-state index in [4.69, 9.17) is 17.3 Å². The van der Waals surface area contributed by atoms with Gasteiger partial charge in [-0.1, -0.05) is 18.5 Å². The Hall–Kier alpha value is -0.430. The topological polar surface area (TPSA) is 63.4 Å². The number of benzene rings is 1. The first kappa shape index (κ1) is 15.0. The Morgan fingerprint density at radius 1 is 1.53 bits per heavy atom. The van der Waals surface area contributed by atoms with Crippen molar-refractivity contribution in [3.8, 4) is 0 Å². The summed E-state index contributed by atoms with van der Waals surface area (Å²) in [6.07, 6.45) is 0.972. The van der Waals surface area contributed by atoms with Crippen LogP contribution in [0.2, 0.25) is 5.02 Å². The van der Waals surface area contributed by atoms with E-state index < -0.39 is 10.0 Å². The van der Waals surface area contributed by atoms with Gasteiger partial charge in [0, 0.05) is 24.1 Å². The number of rotatable bonds is 3. The maximum atomic E-state index is 12.5. The third-order valence-electron chi connectivity index (χ3n) is 3.16. The number of nitrogens with zero attached hydrogens (tertiary/aromatic N) is 1. The van der Waals surface area contributed by atoms with E-state index in [0.29, 0.717) is 29.0 Å². The summed E-state index contributed by atoms with van der Waals surface area (Å²) >= 11 is 7.66. The van der Waals surface area contributed by atoms with E-state index in [1.165, 1.54) is 18.2 Å². The van der Waals surface area contributed by atoms with Crippen LogP contribution in [0.4, 0.5) is 5.69 Å². The molecule has 0 aliphatic carbocycles. The van der Waals surface area contributed by atoms with Crippen LogP contribution in [0.5, 0.6) is 0 Å². The van der Waals surface area contributed by atoms with Gasteiger partial charge in [0.2, 0.25) is 10.0 Å². The second-order valence-electron chi connectivity index (χ2n) is 4.45. The van der Waals surface area contributed by atoms with Gasteiger partial charge >= 0.3 is 0 Å². The van der Waals surface area contributed by atoms with Crippen molar-refractivity contribution < 1.29 is 8.42 Å². The Kier molecular flexibility index (Phi) is 4.66. The first-order valence-electron chi connectivity index (χ1n) is 6.12. The van der Waals surface area contributed by atoms with Gasteiger partial charge in [0.1, 0.15) is 0 Å². The fourth-order valence-electron chi connectivity index (χ4n) is 1.99. The Labute approximate surface area is 123 Å². The van der Waals surface area contributed by atoms with Gasteiger partial charge in [-0.3, -0.25) is 0 Å². The highest BCUT2D eigenvalue weighted by atomic mass is 35.5. The summed E-state index contributed by atoms with van der Waals surface area (Å²) in [5.41, 5.74) is 5.97. The first-order valence-corrected chi connectivity index (χ1v) is 8.98. The zero-order chi connectivity index (χ0) is 14.0. The van der Waals surface area contributed by atoms with Gasteiger partial charge in [-0.2, -0.15) is 16.1 Å². The zero-order valence-electron chi connectivity index (χ0n) is 10.7. The minimum Gasteiger partial charge on any atom is -0.397 e. The molecule has 0 radical (unpaired) electrons. The lowest BCUT2D eigenvalue weighted by molar-refractivity contribution is 0.416. The second kappa shape index (κ2) is 5.91. The van der Waals surface area contributed by atoms with Crippen molar-refractivity contribution in [3.05, 3.63) is 23.2 Å². The smallest absolute Gasteiger partial charge is 0.243 e. The van der Waals surface area contributed by atoms with Crippen molar-refractivity contribution in [1.29, 1.82) is 0 Å². The average molecular weight is 321 g/mol. The average Bonchev–Trinajstić information content (AvgIpc) is 2.41. The molecule has 2 rings (SSSR count). The van der Waals surface area contributed by atoms with Crippen molar-refractivity contribution in [1.82, 2.24) is 4.31 Å². The molecule has 0 bridgehead atoms. The predicted octanol–water partition coefficient (Wildman–Crippen LogP) is 2.44. The molecule has 1 aromatic carbocycles. The number of nitrogens with two attached hydrogens (primary N) is 1. The number of halogens is 1. The van der Waals surface area contributed by atoms with Crippen LogP contribution in [0.15, 0.2) is 23.1 Å². The molecule has 1 aliphatic heterocycles. The summed E-state index contributed by atoms with van der Waals surface area (Å²) in [7, 11) is -3.46. The summed E-state index contributed by atoms with van der Waals surface area (Å²) < 4.78 is 26.6. The van der Waals surface area contributed by atoms with Crippen LogP contribution in [-0.2, 0) is 10.0 Å². The molecule has 0 saturated carbocycles. The minimum absolute atomic E-state index is 0.219. The molecule has 106 valence electrons. The van der Waals surface area contributed by atoms with Crippen molar-refractivity contribution in [2.45, 2.75) is 23.5 Å². The van der Waals surface area contributed by atoms with Crippen LogP contribution in [0.3, 0.4) is 0 Å². The molecule has 2 N–H and O–H groups in total. The highest BCUT2D eigenvalue weighted by molar-refractivity contribution is 8.00. The first-order chi connectivity index (χ1) is 8.95. The molecular weight excluding hydrogens is 304 g/mol. The molecule has 1 fully saturated rings. The largest absolute Gasteiger partial charge is 0.397 e. The Morgan fingerprint density at radius 3 is 2.89 bits per heavy atom. The van der Waals surface area contributed by atoms with E-state index in [-0.39, 0.29) is 4.90 Å². The van der Waals surface area contributed by atoms with E-state index in [1.807, 2.05) is 11.8 Å². The number of nitrogen functional groups attached to an aromatic ring is 1. The normalized spacial score (nSPS) is 21.5. The van der Waals surface area contributed by atoms with Gasteiger partial charge in [0.15, 0.2) is 0 Å². The number of anilines is 1. The van der Waals surface area contributed by atoms with Crippen LogP contribution >= 0.6 is 23.4 Å². The summed E-state index contributed by atoms with van der Waals surface area (Å²) in [6.45, 7) is 3.19. The third-order valence-corrected chi connectivity index (χ3v) is 6.74. The van der Waals surface area contributed by atoms with Gasteiger partial charge in [-0.05, 0) is 24.6 Å². The lowest BCUT2D eigenvalue weighted by atomic mass is 10.3. The number of hydrogen-bond donors (Lipinski definition) is 1. The highest BCUT2D eigenvalue weighted by Crippen LogP contribution is 2.28.